The Morgan fingerprint density at radius 1 is 0.348 bits per heavy atom. The van der Waals surface area contributed by atoms with E-state index in [-0.39, 0.29) is 21.7 Å². The van der Waals surface area contributed by atoms with Crippen molar-refractivity contribution < 1.29 is 21.7 Å². The predicted molar refractivity (Wildman–Crippen MR) is 96.7 cm³/mol. The summed E-state index contributed by atoms with van der Waals surface area (Å²) in [6.07, 6.45) is 15.0. The van der Waals surface area contributed by atoms with Crippen LogP contribution in [0.1, 0.15) is 64.2 Å². The van der Waals surface area contributed by atoms with E-state index in [1.165, 1.54) is 64.2 Å². The number of benzene rings is 2. The fraction of sp³-hybridized carbons (Fsp3) is 0.455. The molecule has 0 nitrogen and oxygen atoms in total. The van der Waals surface area contributed by atoms with Crippen LogP contribution in [0.4, 0.5) is 0 Å². The van der Waals surface area contributed by atoms with Gasteiger partial charge in [0.15, 0.2) is 0 Å². The summed E-state index contributed by atoms with van der Waals surface area (Å²) >= 11 is 0. The van der Waals surface area contributed by atoms with Crippen molar-refractivity contribution in [2.75, 3.05) is 0 Å². The maximum Gasteiger partial charge on any atom is 4.00 e. The van der Waals surface area contributed by atoms with Crippen molar-refractivity contribution in [3.63, 3.8) is 0 Å². The molecule has 0 radical (unpaired) electrons. The molecule has 23 heavy (non-hydrogen) atoms. The van der Waals surface area contributed by atoms with Crippen LogP contribution < -0.4 is 0 Å². The maximum absolute atomic E-state index is 2.89. The van der Waals surface area contributed by atoms with Crippen molar-refractivity contribution in [1.29, 1.82) is 0 Å². The molecule has 120 valence electrons. The first-order chi connectivity index (χ1) is 11.0. The monoisotopic (exact) mass is 342 g/mol. The van der Waals surface area contributed by atoms with Gasteiger partial charge in [-0.15, -0.1) is 0 Å². The molecule has 0 aromatic heterocycles. The third-order valence-electron chi connectivity index (χ3n) is 3.71. The van der Waals surface area contributed by atoms with Gasteiger partial charge in [0.25, 0.3) is 0 Å². The summed E-state index contributed by atoms with van der Waals surface area (Å²) in [6, 6.07) is 25.0. The Morgan fingerprint density at radius 2 is 0.565 bits per heavy atom. The van der Waals surface area contributed by atoms with Gasteiger partial charge in [0.1, 0.15) is 0 Å². The second-order valence-electron chi connectivity index (χ2n) is 5.69. The molecule has 1 heteroatoms. The largest absolute Gasteiger partial charge is 4.00 e. The summed E-state index contributed by atoms with van der Waals surface area (Å²) in [5.41, 5.74) is 0. The quantitative estimate of drug-likeness (QED) is 0.362. The Labute approximate surface area is 158 Å². The van der Waals surface area contributed by atoms with E-state index in [9.17, 15) is 0 Å². The molecule has 2 aliphatic carbocycles. The minimum absolute atomic E-state index is 0. The Kier molecular flexibility index (Phi) is 18.5. The van der Waals surface area contributed by atoms with Gasteiger partial charge in [-0.05, 0) is 0 Å². The van der Waals surface area contributed by atoms with Crippen LogP contribution in [-0.4, -0.2) is 0 Å². The van der Waals surface area contributed by atoms with Gasteiger partial charge in [-0.1, -0.05) is 64.2 Å². The van der Waals surface area contributed by atoms with E-state index in [0.717, 1.165) is 0 Å². The average molecular weight is 342 g/mol. The Morgan fingerprint density at radius 3 is 0.652 bits per heavy atom. The van der Waals surface area contributed by atoms with Gasteiger partial charge in [-0.2, -0.15) is 72.8 Å². The number of hydrogen-bond donors (Lipinski definition) is 0. The van der Waals surface area contributed by atoms with Crippen LogP contribution in [-0.2, 0) is 21.7 Å². The molecule has 0 unspecified atom stereocenters. The van der Waals surface area contributed by atoms with Crippen molar-refractivity contribution in [1.82, 2.24) is 0 Å². The van der Waals surface area contributed by atoms with Gasteiger partial charge >= 0.3 is 21.7 Å². The Balaban J connectivity index is 0.000000278. The molecule has 0 N–H and O–H groups in total. The molecule has 0 saturated heterocycles. The van der Waals surface area contributed by atoms with Crippen LogP contribution in [0.25, 0.3) is 0 Å². The maximum atomic E-state index is 2.89. The van der Waals surface area contributed by atoms with E-state index in [1.807, 2.05) is 60.7 Å². The molecule has 4 rings (SSSR count). The molecule has 0 atom stereocenters. The molecule has 2 aliphatic rings. The summed E-state index contributed by atoms with van der Waals surface area (Å²) in [5, 5.41) is 0. The first kappa shape index (κ1) is 22.2. The number of hydrogen-bond acceptors (Lipinski definition) is 0. The fourth-order valence-corrected chi connectivity index (χ4v) is 2.45. The summed E-state index contributed by atoms with van der Waals surface area (Å²) in [5.74, 6) is 0. The first-order valence-electron chi connectivity index (χ1n) is 8.82. The van der Waals surface area contributed by atoms with Gasteiger partial charge in [0.05, 0.1) is 0 Å². The number of rotatable bonds is 0. The van der Waals surface area contributed by atoms with E-state index < -0.39 is 0 Å². The molecular weight excluding hydrogens is 312 g/mol. The van der Waals surface area contributed by atoms with Crippen molar-refractivity contribution in [2.45, 2.75) is 64.2 Å². The summed E-state index contributed by atoms with van der Waals surface area (Å²) in [7, 11) is 0. The molecule has 2 saturated carbocycles. The van der Waals surface area contributed by atoms with Crippen LogP contribution in [0, 0.1) is 12.1 Å². The third kappa shape index (κ3) is 17.3. The molecule has 2 aromatic rings. The topological polar surface area (TPSA) is 0 Å². The summed E-state index contributed by atoms with van der Waals surface area (Å²) in [4.78, 5) is 0. The Hall–Kier alpha value is -0.846. The Bertz CT molecular complexity index is 281. The van der Waals surface area contributed by atoms with Gasteiger partial charge in [0, 0.05) is 0 Å². The third-order valence-corrected chi connectivity index (χ3v) is 3.71. The van der Waals surface area contributed by atoms with Crippen molar-refractivity contribution in [3.05, 3.63) is 72.8 Å². The average Bonchev–Trinajstić information content (AvgIpc) is 3.37. The molecule has 2 fully saturated rings. The standard InChI is InChI=1S/2C6H5.2C5H10.Ti/c2*1-2-4-6-5-3-1;2*1-2-4-5-3-1;/h2*1-5H;2*1-5H2;/q2*-1;;;+4. The van der Waals surface area contributed by atoms with E-state index in [1.54, 1.807) is 0 Å². The van der Waals surface area contributed by atoms with Gasteiger partial charge in [-0.3, -0.25) is 0 Å². The van der Waals surface area contributed by atoms with Crippen LogP contribution in [0.3, 0.4) is 0 Å². The second-order valence-corrected chi connectivity index (χ2v) is 5.69. The molecule has 0 amide bonds. The molecule has 0 bridgehead atoms. The first-order valence-corrected chi connectivity index (χ1v) is 8.82. The molecule has 0 heterocycles. The molecular formula is C22H30Ti+2. The fourth-order valence-electron chi connectivity index (χ4n) is 2.45. The zero-order chi connectivity index (χ0) is 15.6. The smallest absolute Gasteiger partial charge is 0.184 e. The van der Waals surface area contributed by atoms with Gasteiger partial charge in [-0.25, -0.2) is 0 Å². The molecule has 0 spiro atoms. The predicted octanol–water partition coefficient (Wildman–Crippen LogP) is 6.87. The second kappa shape index (κ2) is 19.2. The SMILES string of the molecule is C1CCCC1.C1CCCC1.[Ti+4].[c-]1ccccc1.[c-]1ccccc1. The zero-order valence-corrected chi connectivity index (χ0v) is 15.9. The van der Waals surface area contributed by atoms with Gasteiger partial charge in [0.2, 0.25) is 0 Å². The minimum atomic E-state index is 0. The zero-order valence-electron chi connectivity index (χ0n) is 14.3. The molecule has 2 aromatic carbocycles. The summed E-state index contributed by atoms with van der Waals surface area (Å²) < 4.78 is 0. The molecule has 0 aliphatic heterocycles. The minimum Gasteiger partial charge on any atom is -0.184 e. The van der Waals surface area contributed by atoms with E-state index in [4.69, 9.17) is 0 Å². The van der Waals surface area contributed by atoms with Crippen LogP contribution in [0.2, 0.25) is 0 Å². The van der Waals surface area contributed by atoms with E-state index in [0.29, 0.717) is 0 Å². The van der Waals surface area contributed by atoms with E-state index in [2.05, 4.69) is 12.1 Å². The van der Waals surface area contributed by atoms with Crippen molar-refractivity contribution >= 4 is 0 Å². The van der Waals surface area contributed by atoms with Crippen molar-refractivity contribution in [2.24, 2.45) is 0 Å². The summed E-state index contributed by atoms with van der Waals surface area (Å²) in [6.45, 7) is 0. The van der Waals surface area contributed by atoms with Crippen LogP contribution in [0.5, 0.6) is 0 Å². The van der Waals surface area contributed by atoms with E-state index >= 15 is 0 Å². The normalized spacial score (nSPS) is 14.6. The van der Waals surface area contributed by atoms with Crippen molar-refractivity contribution in [3.8, 4) is 0 Å². The van der Waals surface area contributed by atoms with Crippen LogP contribution in [0.15, 0.2) is 60.7 Å². The van der Waals surface area contributed by atoms with Gasteiger partial charge < -0.3 is 0 Å². The van der Waals surface area contributed by atoms with Crippen LogP contribution >= 0.6 is 0 Å².